The van der Waals surface area contributed by atoms with Crippen molar-refractivity contribution in [1.29, 1.82) is 5.26 Å². The number of aromatic nitrogens is 5. The third kappa shape index (κ3) is 4.19. The second-order valence-corrected chi connectivity index (χ2v) is 7.28. The summed E-state index contributed by atoms with van der Waals surface area (Å²) in [5, 5.41) is 13.7. The molecule has 1 fully saturated rings. The van der Waals surface area contributed by atoms with E-state index in [9.17, 15) is 5.26 Å². The summed E-state index contributed by atoms with van der Waals surface area (Å²) in [4.78, 5) is 14.9. The number of ether oxygens (including phenoxy) is 1. The van der Waals surface area contributed by atoms with Gasteiger partial charge in [-0.3, -0.25) is 0 Å². The molecule has 0 unspecified atom stereocenters. The van der Waals surface area contributed by atoms with Crippen LogP contribution in [0.25, 0.3) is 5.82 Å². The standard InChI is InChI=1S/C21H23N7O/c1-15-10-16(2)28(26-15)20-11-21(25-14-24-20)29-13-17-5-8-27(9-6-17)19-4-3-7-23-18(19)12-22/h3-4,7,10-11,14,17H,5-6,8-9,13H2,1-2H3. The van der Waals surface area contributed by atoms with Gasteiger partial charge in [0.15, 0.2) is 11.5 Å². The molecule has 0 spiro atoms. The molecule has 0 amide bonds. The number of anilines is 1. The van der Waals surface area contributed by atoms with Crippen LogP contribution >= 0.6 is 0 Å². The van der Waals surface area contributed by atoms with E-state index in [1.54, 1.807) is 10.9 Å². The average molecular weight is 389 g/mol. The van der Waals surface area contributed by atoms with Crippen LogP contribution in [0.4, 0.5) is 5.69 Å². The van der Waals surface area contributed by atoms with Crippen LogP contribution in [0, 0.1) is 31.1 Å². The van der Waals surface area contributed by atoms with Crippen molar-refractivity contribution < 1.29 is 4.74 Å². The number of nitriles is 1. The summed E-state index contributed by atoms with van der Waals surface area (Å²) in [6.07, 6.45) is 5.16. The summed E-state index contributed by atoms with van der Waals surface area (Å²) in [7, 11) is 0. The second-order valence-electron chi connectivity index (χ2n) is 7.28. The summed E-state index contributed by atoms with van der Waals surface area (Å²) in [5.74, 6) is 1.71. The maximum absolute atomic E-state index is 9.26. The van der Waals surface area contributed by atoms with Crippen molar-refractivity contribution in [3.05, 3.63) is 53.9 Å². The van der Waals surface area contributed by atoms with Crippen molar-refractivity contribution in [3.63, 3.8) is 0 Å². The van der Waals surface area contributed by atoms with Crippen LogP contribution < -0.4 is 9.64 Å². The summed E-state index contributed by atoms with van der Waals surface area (Å²) < 4.78 is 7.76. The van der Waals surface area contributed by atoms with Gasteiger partial charge in [0.05, 0.1) is 18.0 Å². The van der Waals surface area contributed by atoms with Gasteiger partial charge in [0.2, 0.25) is 5.88 Å². The van der Waals surface area contributed by atoms with Crippen LogP contribution in [-0.2, 0) is 0 Å². The van der Waals surface area contributed by atoms with Gasteiger partial charge in [-0.05, 0) is 50.8 Å². The Morgan fingerprint density at radius 2 is 2.00 bits per heavy atom. The molecule has 148 valence electrons. The zero-order valence-electron chi connectivity index (χ0n) is 16.6. The van der Waals surface area contributed by atoms with Crippen molar-refractivity contribution in [2.75, 3.05) is 24.6 Å². The SMILES string of the molecule is Cc1cc(C)n(-c2cc(OCC3CCN(c4cccnc4C#N)CC3)ncn2)n1. The Bertz CT molecular complexity index is 1030. The van der Waals surface area contributed by atoms with Crippen LogP contribution in [-0.4, -0.2) is 44.4 Å². The fraction of sp³-hybridized carbons (Fsp3) is 0.381. The van der Waals surface area contributed by atoms with Gasteiger partial charge in [0.1, 0.15) is 12.4 Å². The number of piperidine rings is 1. The molecule has 8 nitrogen and oxygen atoms in total. The van der Waals surface area contributed by atoms with Crippen LogP contribution in [0.2, 0.25) is 0 Å². The Morgan fingerprint density at radius 1 is 1.17 bits per heavy atom. The molecule has 29 heavy (non-hydrogen) atoms. The highest BCUT2D eigenvalue weighted by atomic mass is 16.5. The highest BCUT2D eigenvalue weighted by Gasteiger charge is 2.22. The van der Waals surface area contributed by atoms with Gasteiger partial charge in [-0.25, -0.2) is 19.6 Å². The lowest BCUT2D eigenvalue weighted by molar-refractivity contribution is 0.215. The van der Waals surface area contributed by atoms with E-state index in [2.05, 4.69) is 31.0 Å². The number of rotatable bonds is 5. The zero-order valence-corrected chi connectivity index (χ0v) is 16.6. The Morgan fingerprint density at radius 3 is 2.72 bits per heavy atom. The van der Waals surface area contributed by atoms with Crippen LogP contribution in [0.5, 0.6) is 5.88 Å². The maximum Gasteiger partial charge on any atom is 0.218 e. The first kappa shape index (κ1) is 18.9. The van der Waals surface area contributed by atoms with E-state index in [0.717, 1.165) is 43.0 Å². The summed E-state index contributed by atoms with van der Waals surface area (Å²) in [6.45, 7) is 6.33. The molecule has 0 saturated carbocycles. The molecule has 0 aromatic carbocycles. The lowest BCUT2D eigenvalue weighted by atomic mass is 9.97. The molecule has 4 rings (SSSR count). The van der Waals surface area contributed by atoms with Gasteiger partial charge in [-0.2, -0.15) is 10.4 Å². The highest BCUT2D eigenvalue weighted by molar-refractivity contribution is 5.55. The average Bonchev–Trinajstić information content (AvgIpc) is 3.11. The number of hydrogen-bond acceptors (Lipinski definition) is 7. The van der Waals surface area contributed by atoms with Gasteiger partial charge in [-0.15, -0.1) is 0 Å². The van der Waals surface area contributed by atoms with Crippen molar-refractivity contribution in [3.8, 4) is 17.8 Å². The predicted octanol–water partition coefficient (Wildman–Crippen LogP) is 2.84. The number of nitrogens with zero attached hydrogens (tertiary/aromatic N) is 7. The normalized spacial score (nSPS) is 14.6. The number of aryl methyl sites for hydroxylation is 2. The van der Waals surface area contributed by atoms with Crippen molar-refractivity contribution in [1.82, 2.24) is 24.7 Å². The van der Waals surface area contributed by atoms with E-state index in [1.165, 1.54) is 6.33 Å². The highest BCUT2D eigenvalue weighted by Crippen LogP contribution is 2.25. The molecular weight excluding hydrogens is 366 g/mol. The minimum Gasteiger partial charge on any atom is -0.477 e. The molecule has 3 aromatic rings. The summed E-state index contributed by atoms with van der Waals surface area (Å²) >= 11 is 0. The van der Waals surface area contributed by atoms with Gasteiger partial charge in [-0.1, -0.05) is 0 Å². The fourth-order valence-corrected chi connectivity index (χ4v) is 3.67. The van der Waals surface area contributed by atoms with E-state index < -0.39 is 0 Å². The largest absolute Gasteiger partial charge is 0.477 e. The van der Waals surface area contributed by atoms with Crippen LogP contribution in [0.1, 0.15) is 29.9 Å². The van der Waals surface area contributed by atoms with E-state index >= 15 is 0 Å². The molecule has 1 saturated heterocycles. The van der Waals surface area contributed by atoms with Gasteiger partial charge in [0.25, 0.3) is 0 Å². The fourth-order valence-electron chi connectivity index (χ4n) is 3.67. The van der Waals surface area contributed by atoms with Crippen molar-refractivity contribution >= 4 is 5.69 Å². The van der Waals surface area contributed by atoms with E-state index in [-0.39, 0.29) is 0 Å². The molecule has 1 aliphatic rings. The van der Waals surface area contributed by atoms with Crippen LogP contribution in [0.15, 0.2) is 36.8 Å². The molecule has 0 radical (unpaired) electrons. The monoisotopic (exact) mass is 389 g/mol. The van der Waals surface area contributed by atoms with Crippen LogP contribution in [0.3, 0.4) is 0 Å². The maximum atomic E-state index is 9.26. The quantitative estimate of drug-likeness (QED) is 0.662. The molecule has 3 aromatic heterocycles. The molecule has 0 N–H and O–H groups in total. The first-order valence-corrected chi connectivity index (χ1v) is 9.72. The van der Waals surface area contributed by atoms with E-state index in [0.29, 0.717) is 29.9 Å². The summed E-state index contributed by atoms with van der Waals surface area (Å²) in [6, 6.07) is 9.85. The minimum atomic E-state index is 0.445. The minimum absolute atomic E-state index is 0.445. The molecule has 1 aliphatic heterocycles. The second kappa shape index (κ2) is 8.27. The zero-order chi connectivity index (χ0) is 20.2. The third-order valence-corrected chi connectivity index (χ3v) is 5.17. The first-order chi connectivity index (χ1) is 14.1. The first-order valence-electron chi connectivity index (χ1n) is 9.72. The predicted molar refractivity (Wildman–Crippen MR) is 108 cm³/mol. The van der Waals surface area contributed by atoms with Crippen molar-refractivity contribution in [2.24, 2.45) is 5.92 Å². The lowest BCUT2D eigenvalue weighted by Crippen LogP contribution is -2.36. The van der Waals surface area contributed by atoms with E-state index in [1.807, 2.05) is 38.1 Å². The van der Waals surface area contributed by atoms with Crippen molar-refractivity contribution in [2.45, 2.75) is 26.7 Å². The van der Waals surface area contributed by atoms with Gasteiger partial charge in [0, 0.05) is 31.0 Å². The third-order valence-electron chi connectivity index (χ3n) is 5.17. The molecular formula is C21H23N7O. The molecule has 8 heteroatoms. The molecule has 0 bridgehead atoms. The number of hydrogen-bond donors (Lipinski definition) is 0. The summed E-state index contributed by atoms with van der Waals surface area (Å²) in [5.41, 5.74) is 3.37. The Balaban J connectivity index is 1.35. The van der Waals surface area contributed by atoms with E-state index in [4.69, 9.17) is 4.74 Å². The lowest BCUT2D eigenvalue weighted by Gasteiger charge is -2.33. The Kier molecular flexibility index (Phi) is 5.38. The van der Waals surface area contributed by atoms with Gasteiger partial charge < -0.3 is 9.64 Å². The molecule has 0 atom stereocenters. The molecule has 0 aliphatic carbocycles. The Hall–Kier alpha value is -3.47. The molecule has 4 heterocycles. The Labute approximate surface area is 169 Å². The topological polar surface area (TPSA) is 92.8 Å². The number of pyridine rings is 1. The van der Waals surface area contributed by atoms with Gasteiger partial charge >= 0.3 is 0 Å². The smallest absolute Gasteiger partial charge is 0.218 e.